The number of pyridine rings is 1. The molecule has 0 aromatic carbocycles. The molecular formula is C16H24N2O3S. The summed E-state index contributed by atoms with van der Waals surface area (Å²) in [4.78, 5) is 17.9. The van der Waals surface area contributed by atoms with Gasteiger partial charge in [-0.2, -0.15) is 0 Å². The molecule has 1 aromatic heterocycles. The van der Waals surface area contributed by atoms with Crippen LogP contribution < -0.4 is 0 Å². The molecule has 1 aliphatic heterocycles. The Morgan fingerprint density at radius 3 is 2.86 bits per heavy atom. The summed E-state index contributed by atoms with van der Waals surface area (Å²) >= 11 is 0. The van der Waals surface area contributed by atoms with Crippen LogP contribution in [0.4, 0.5) is 4.79 Å². The molecule has 0 radical (unpaired) electrons. The second-order valence-electron chi connectivity index (χ2n) is 6.76. The standard InChI is InChI=1S/C16H24N2O3S/c1-12-5-7-17-14(9-12)22(20)11-13-6-8-18(10-13)15(19)21-16(2,3)4/h5,7,9,13H,6,8,10-11H2,1-4H3/t13-,22-/m0/s1. The first-order valence-corrected chi connectivity index (χ1v) is 8.85. The number of carbonyl (C=O) groups excluding carboxylic acids is 1. The van der Waals surface area contributed by atoms with Crippen molar-refractivity contribution in [3.63, 3.8) is 0 Å². The summed E-state index contributed by atoms with van der Waals surface area (Å²) in [6, 6.07) is 3.75. The molecule has 0 N–H and O–H groups in total. The Kier molecular flexibility index (Phi) is 5.21. The molecule has 0 aliphatic carbocycles. The van der Waals surface area contributed by atoms with E-state index in [1.807, 2.05) is 39.8 Å². The monoisotopic (exact) mass is 324 g/mol. The molecule has 2 atom stereocenters. The minimum absolute atomic E-state index is 0.232. The number of aromatic nitrogens is 1. The minimum Gasteiger partial charge on any atom is -0.444 e. The highest BCUT2D eigenvalue weighted by Crippen LogP contribution is 2.21. The normalized spacial score (nSPS) is 20.0. The third-order valence-corrected chi connectivity index (χ3v) is 4.91. The van der Waals surface area contributed by atoms with E-state index < -0.39 is 16.4 Å². The minimum atomic E-state index is -1.12. The molecule has 0 saturated carbocycles. The van der Waals surface area contributed by atoms with E-state index in [2.05, 4.69) is 4.98 Å². The first-order chi connectivity index (χ1) is 10.2. The van der Waals surface area contributed by atoms with Gasteiger partial charge in [-0.25, -0.2) is 9.78 Å². The molecule has 0 bridgehead atoms. The lowest BCUT2D eigenvalue weighted by Crippen LogP contribution is -2.35. The summed E-state index contributed by atoms with van der Waals surface area (Å²) in [6.45, 7) is 8.80. The van der Waals surface area contributed by atoms with Crippen LogP contribution in [0.15, 0.2) is 23.4 Å². The molecule has 1 amide bonds. The van der Waals surface area contributed by atoms with Crippen LogP contribution in [0, 0.1) is 12.8 Å². The number of carbonyl (C=O) groups is 1. The predicted octanol–water partition coefficient (Wildman–Crippen LogP) is 2.75. The van der Waals surface area contributed by atoms with Crippen LogP contribution in [0.25, 0.3) is 0 Å². The van der Waals surface area contributed by atoms with Gasteiger partial charge in [-0.05, 0) is 57.7 Å². The van der Waals surface area contributed by atoms with Gasteiger partial charge in [0, 0.05) is 25.0 Å². The quantitative estimate of drug-likeness (QED) is 0.858. The van der Waals surface area contributed by atoms with Crippen LogP contribution in [-0.4, -0.2) is 44.6 Å². The van der Waals surface area contributed by atoms with Gasteiger partial charge in [0.1, 0.15) is 10.6 Å². The lowest BCUT2D eigenvalue weighted by atomic mass is 10.2. The molecule has 2 heterocycles. The SMILES string of the molecule is Cc1ccnc([S@@](=O)C[C@H]2CCN(C(=O)OC(C)(C)C)C2)c1. The number of likely N-dealkylation sites (tertiary alicyclic amines) is 1. The van der Waals surface area contributed by atoms with E-state index in [9.17, 15) is 9.00 Å². The maximum atomic E-state index is 12.4. The van der Waals surface area contributed by atoms with Crippen molar-refractivity contribution in [3.8, 4) is 0 Å². The van der Waals surface area contributed by atoms with Crippen LogP contribution in [0.2, 0.25) is 0 Å². The third kappa shape index (κ3) is 4.80. The summed E-state index contributed by atoms with van der Waals surface area (Å²) in [5.41, 5.74) is 0.573. The summed E-state index contributed by atoms with van der Waals surface area (Å²) < 4.78 is 17.7. The van der Waals surface area contributed by atoms with Gasteiger partial charge >= 0.3 is 6.09 Å². The van der Waals surface area contributed by atoms with Gasteiger partial charge in [-0.3, -0.25) is 4.21 Å². The average Bonchev–Trinajstić information content (AvgIpc) is 2.85. The number of hydrogen-bond donors (Lipinski definition) is 0. The van der Waals surface area contributed by atoms with Crippen molar-refractivity contribution >= 4 is 16.9 Å². The molecular weight excluding hydrogens is 300 g/mol. The fraction of sp³-hybridized carbons (Fsp3) is 0.625. The number of hydrogen-bond acceptors (Lipinski definition) is 4. The summed E-state index contributed by atoms with van der Waals surface area (Å²) in [5, 5.41) is 0.621. The first kappa shape index (κ1) is 16.9. The van der Waals surface area contributed by atoms with Crippen molar-refractivity contribution in [2.45, 2.75) is 44.7 Å². The molecule has 1 aromatic rings. The maximum Gasteiger partial charge on any atom is 0.410 e. The zero-order valence-electron chi connectivity index (χ0n) is 13.7. The van der Waals surface area contributed by atoms with Gasteiger partial charge in [0.15, 0.2) is 0 Å². The van der Waals surface area contributed by atoms with Crippen LogP contribution in [0.3, 0.4) is 0 Å². The first-order valence-electron chi connectivity index (χ1n) is 7.53. The Hall–Kier alpha value is -1.43. The zero-order valence-corrected chi connectivity index (χ0v) is 14.5. The van der Waals surface area contributed by atoms with Crippen LogP contribution in [0.1, 0.15) is 32.8 Å². The van der Waals surface area contributed by atoms with Crippen LogP contribution in [-0.2, 0) is 15.5 Å². The highest BCUT2D eigenvalue weighted by molar-refractivity contribution is 7.84. The molecule has 0 spiro atoms. The van der Waals surface area contributed by atoms with Gasteiger partial charge < -0.3 is 9.64 Å². The summed E-state index contributed by atoms with van der Waals surface area (Å²) in [6.07, 6.45) is 2.26. The average molecular weight is 324 g/mol. The Balaban J connectivity index is 1.88. The van der Waals surface area contributed by atoms with Crippen LogP contribution >= 0.6 is 0 Å². The second kappa shape index (κ2) is 6.77. The van der Waals surface area contributed by atoms with Crippen molar-refractivity contribution in [2.24, 2.45) is 5.92 Å². The van der Waals surface area contributed by atoms with Gasteiger partial charge in [-0.1, -0.05) is 0 Å². The van der Waals surface area contributed by atoms with Crippen molar-refractivity contribution in [3.05, 3.63) is 23.9 Å². The van der Waals surface area contributed by atoms with Crippen molar-refractivity contribution < 1.29 is 13.7 Å². The number of rotatable bonds is 3. The second-order valence-corrected chi connectivity index (χ2v) is 8.21. The van der Waals surface area contributed by atoms with E-state index in [4.69, 9.17) is 4.74 Å². The number of amides is 1. The highest BCUT2D eigenvalue weighted by atomic mass is 32.2. The molecule has 122 valence electrons. The topological polar surface area (TPSA) is 59.5 Å². The van der Waals surface area contributed by atoms with Gasteiger partial charge in [0.05, 0.1) is 10.8 Å². The van der Waals surface area contributed by atoms with E-state index in [-0.39, 0.29) is 12.0 Å². The van der Waals surface area contributed by atoms with E-state index >= 15 is 0 Å². The highest BCUT2D eigenvalue weighted by Gasteiger charge is 2.30. The summed E-state index contributed by atoms with van der Waals surface area (Å²) in [5.74, 6) is 0.770. The predicted molar refractivity (Wildman–Crippen MR) is 86.2 cm³/mol. The lowest BCUT2D eigenvalue weighted by Gasteiger charge is -2.24. The molecule has 1 saturated heterocycles. The Morgan fingerprint density at radius 2 is 2.23 bits per heavy atom. The lowest BCUT2D eigenvalue weighted by molar-refractivity contribution is 0.0289. The van der Waals surface area contributed by atoms with Crippen molar-refractivity contribution in [1.82, 2.24) is 9.88 Å². The smallest absolute Gasteiger partial charge is 0.410 e. The van der Waals surface area contributed by atoms with Crippen molar-refractivity contribution in [1.29, 1.82) is 0 Å². The largest absolute Gasteiger partial charge is 0.444 e. The van der Waals surface area contributed by atoms with E-state index in [0.29, 0.717) is 23.9 Å². The Bertz CT molecular complexity index is 569. The van der Waals surface area contributed by atoms with Gasteiger partial charge in [0.25, 0.3) is 0 Å². The van der Waals surface area contributed by atoms with Crippen LogP contribution in [0.5, 0.6) is 0 Å². The Morgan fingerprint density at radius 1 is 1.50 bits per heavy atom. The third-order valence-electron chi connectivity index (χ3n) is 3.45. The molecule has 6 heteroatoms. The van der Waals surface area contributed by atoms with Gasteiger partial charge in [-0.15, -0.1) is 0 Å². The molecule has 0 unspecified atom stereocenters. The Labute approximate surface area is 134 Å². The van der Waals surface area contributed by atoms with E-state index in [1.54, 1.807) is 11.1 Å². The number of nitrogens with zero attached hydrogens (tertiary/aromatic N) is 2. The fourth-order valence-electron chi connectivity index (χ4n) is 2.39. The van der Waals surface area contributed by atoms with Crippen molar-refractivity contribution in [2.75, 3.05) is 18.8 Å². The summed E-state index contributed by atoms with van der Waals surface area (Å²) in [7, 11) is -1.12. The number of aryl methyl sites for hydroxylation is 1. The van der Waals surface area contributed by atoms with E-state index in [1.165, 1.54) is 0 Å². The molecule has 1 aliphatic rings. The number of ether oxygens (including phenoxy) is 1. The molecule has 22 heavy (non-hydrogen) atoms. The fourth-order valence-corrected chi connectivity index (χ4v) is 3.76. The zero-order chi connectivity index (χ0) is 16.3. The molecule has 1 fully saturated rings. The molecule has 2 rings (SSSR count). The van der Waals surface area contributed by atoms with Gasteiger partial charge in [0.2, 0.25) is 0 Å². The molecule has 5 nitrogen and oxygen atoms in total. The van der Waals surface area contributed by atoms with E-state index in [0.717, 1.165) is 12.0 Å². The maximum absolute atomic E-state index is 12.4.